The number of nitrogens with zero attached hydrogens (tertiary/aromatic N) is 1. The van der Waals surface area contributed by atoms with Crippen molar-refractivity contribution >= 4 is 29.3 Å². The topological polar surface area (TPSA) is 98.7 Å². The van der Waals surface area contributed by atoms with Crippen LogP contribution in [0.25, 0.3) is 11.1 Å². The van der Waals surface area contributed by atoms with Gasteiger partial charge in [0.1, 0.15) is 0 Å². The molecule has 0 heterocycles. The van der Waals surface area contributed by atoms with Crippen molar-refractivity contribution in [3.8, 4) is 11.1 Å². The molecule has 1 saturated carbocycles. The maximum Gasteiger partial charge on any atom is 0.416 e. The van der Waals surface area contributed by atoms with Crippen LogP contribution in [0.4, 0.5) is 29.3 Å². The summed E-state index contributed by atoms with van der Waals surface area (Å²) in [5, 5.41) is 14.1. The first-order chi connectivity index (χ1) is 22.6. The lowest BCUT2D eigenvalue weighted by molar-refractivity contribution is -0.138. The third-order valence-corrected chi connectivity index (χ3v) is 8.33. The Kier molecular flexibility index (Phi) is 10.6. The van der Waals surface area contributed by atoms with Crippen LogP contribution < -0.4 is 15.5 Å². The molecule has 47 heavy (non-hydrogen) atoms. The van der Waals surface area contributed by atoms with Gasteiger partial charge in [0.15, 0.2) is 0 Å². The Morgan fingerprint density at radius 1 is 0.809 bits per heavy atom. The van der Waals surface area contributed by atoms with E-state index in [-0.39, 0.29) is 25.2 Å². The summed E-state index contributed by atoms with van der Waals surface area (Å²) < 4.78 is 41.8. The maximum absolute atomic E-state index is 13.9. The zero-order valence-corrected chi connectivity index (χ0v) is 25.7. The summed E-state index contributed by atoms with van der Waals surface area (Å²) >= 11 is 0. The normalized spacial score (nSPS) is 13.5. The van der Waals surface area contributed by atoms with E-state index in [0.29, 0.717) is 33.9 Å². The summed E-state index contributed by atoms with van der Waals surface area (Å²) in [7, 11) is 0. The van der Waals surface area contributed by atoms with Crippen molar-refractivity contribution in [2.75, 3.05) is 16.8 Å². The Morgan fingerprint density at radius 3 is 2.13 bits per heavy atom. The molecule has 10 heteroatoms. The second-order valence-electron chi connectivity index (χ2n) is 11.7. The summed E-state index contributed by atoms with van der Waals surface area (Å²) in [4.78, 5) is 38.5. The minimum absolute atomic E-state index is 0.000818. The second-order valence-corrected chi connectivity index (χ2v) is 11.7. The number of carboxylic acids is 1. The van der Waals surface area contributed by atoms with E-state index in [1.165, 1.54) is 35.8 Å². The molecule has 0 spiro atoms. The number of halogens is 3. The van der Waals surface area contributed by atoms with E-state index in [0.717, 1.165) is 25.0 Å². The van der Waals surface area contributed by atoms with Crippen LogP contribution >= 0.6 is 0 Å². The average Bonchev–Trinajstić information content (AvgIpc) is 3.07. The molecule has 3 N–H and O–H groups in total. The third kappa shape index (κ3) is 9.00. The van der Waals surface area contributed by atoms with Gasteiger partial charge in [-0.3, -0.25) is 14.5 Å². The molecule has 0 aliphatic heterocycles. The molecule has 0 radical (unpaired) electrons. The number of anilines is 2. The molecule has 7 nitrogen and oxygen atoms in total. The van der Waals surface area contributed by atoms with Crippen LogP contribution in [-0.2, 0) is 17.5 Å². The molecule has 244 valence electrons. The van der Waals surface area contributed by atoms with Gasteiger partial charge in [0.2, 0.25) is 0 Å². The summed E-state index contributed by atoms with van der Waals surface area (Å²) in [6.07, 6.45) is 0.977. The third-order valence-electron chi connectivity index (χ3n) is 8.33. The number of hydrogen-bond acceptors (Lipinski definition) is 3. The van der Waals surface area contributed by atoms with Gasteiger partial charge in [-0.1, -0.05) is 73.9 Å². The highest BCUT2D eigenvalue weighted by atomic mass is 19.4. The number of amides is 3. The Morgan fingerprint density at radius 2 is 1.49 bits per heavy atom. The molecule has 4 aromatic rings. The molecule has 1 aliphatic rings. The number of carboxylic acid groups (broad SMARTS) is 1. The number of carbonyl (C=O) groups is 3. The Balaban J connectivity index is 1.42. The van der Waals surface area contributed by atoms with Crippen LogP contribution in [0, 0.1) is 0 Å². The van der Waals surface area contributed by atoms with Crippen molar-refractivity contribution in [2.24, 2.45) is 0 Å². The van der Waals surface area contributed by atoms with Gasteiger partial charge in [-0.15, -0.1) is 0 Å². The van der Waals surface area contributed by atoms with Crippen LogP contribution in [0.5, 0.6) is 0 Å². The van der Waals surface area contributed by atoms with E-state index >= 15 is 0 Å². The Hall–Kier alpha value is -5.12. The molecule has 5 rings (SSSR count). The van der Waals surface area contributed by atoms with Gasteiger partial charge in [0.05, 0.1) is 18.5 Å². The zero-order valence-electron chi connectivity index (χ0n) is 25.7. The fourth-order valence-corrected chi connectivity index (χ4v) is 5.82. The molecule has 0 aromatic heterocycles. The molecule has 3 amide bonds. The van der Waals surface area contributed by atoms with Gasteiger partial charge in [-0.05, 0) is 83.5 Å². The standard InChI is InChI=1S/C37H36F3N3O4/c38-37(39,40)31-21-30(27-9-5-2-6-10-27)22-32(23-31)42-36(47)43(33-17-15-28(16-18-33)26-7-3-1-4-8-26)24-25-11-13-29(14-12-25)35(46)41-20-19-34(44)45/h2,5-6,9-18,21-23,26H,1,3-4,7-8,19-20,24H2,(H,41,46)(H,42,47)(H,44,45). The van der Waals surface area contributed by atoms with Crippen LogP contribution in [0.15, 0.2) is 97.1 Å². The van der Waals surface area contributed by atoms with Crippen molar-refractivity contribution < 1.29 is 32.7 Å². The van der Waals surface area contributed by atoms with Crippen LogP contribution in [0.3, 0.4) is 0 Å². The van der Waals surface area contributed by atoms with Crippen LogP contribution in [0.2, 0.25) is 0 Å². The molecular formula is C37H36F3N3O4. The SMILES string of the molecule is O=C(O)CCNC(=O)c1ccc(CN(C(=O)Nc2cc(-c3ccccc3)cc(C(F)(F)F)c2)c2ccc(C3CCCCC3)cc2)cc1. The number of alkyl halides is 3. The molecule has 0 bridgehead atoms. The lowest BCUT2D eigenvalue weighted by Gasteiger charge is -2.26. The van der Waals surface area contributed by atoms with Crippen molar-refractivity contribution in [2.45, 2.75) is 57.2 Å². The number of urea groups is 1. The summed E-state index contributed by atoms with van der Waals surface area (Å²) in [5.41, 5.74) is 2.77. The fraction of sp³-hybridized carbons (Fsp3) is 0.270. The first kappa shape index (κ1) is 33.2. The van der Waals surface area contributed by atoms with Gasteiger partial charge < -0.3 is 15.7 Å². The van der Waals surface area contributed by atoms with Crippen molar-refractivity contribution in [3.05, 3.63) is 119 Å². The molecule has 4 aromatic carbocycles. The predicted molar refractivity (Wildman–Crippen MR) is 175 cm³/mol. The number of rotatable bonds is 10. The number of hydrogen-bond donors (Lipinski definition) is 3. The molecule has 1 fully saturated rings. The van der Waals surface area contributed by atoms with E-state index in [9.17, 15) is 27.6 Å². The first-order valence-corrected chi connectivity index (χ1v) is 15.6. The van der Waals surface area contributed by atoms with Crippen molar-refractivity contribution in [1.29, 1.82) is 0 Å². The quantitative estimate of drug-likeness (QED) is 0.161. The average molecular weight is 644 g/mol. The second kappa shape index (κ2) is 15.0. The van der Waals surface area contributed by atoms with E-state index in [1.54, 1.807) is 54.6 Å². The zero-order chi connectivity index (χ0) is 33.4. The van der Waals surface area contributed by atoms with Crippen molar-refractivity contribution in [3.63, 3.8) is 0 Å². The summed E-state index contributed by atoms with van der Waals surface area (Å²) in [6.45, 7) is 0.0578. The number of nitrogens with one attached hydrogen (secondary N) is 2. The van der Waals surface area contributed by atoms with E-state index in [1.807, 2.05) is 24.3 Å². The lowest BCUT2D eigenvalue weighted by atomic mass is 9.84. The van der Waals surface area contributed by atoms with Crippen LogP contribution in [0.1, 0.15) is 71.5 Å². The number of aliphatic carboxylic acids is 1. The van der Waals surface area contributed by atoms with Gasteiger partial charge in [-0.2, -0.15) is 13.2 Å². The highest BCUT2D eigenvalue weighted by molar-refractivity contribution is 6.02. The predicted octanol–water partition coefficient (Wildman–Crippen LogP) is 8.86. The smallest absolute Gasteiger partial charge is 0.416 e. The van der Waals surface area contributed by atoms with Gasteiger partial charge in [-0.25, -0.2) is 4.79 Å². The van der Waals surface area contributed by atoms with E-state index < -0.39 is 29.6 Å². The summed E-state index contributed by atoms with van der Waals surface area (Å²) in [5.74, 6) is -0.993. The monoisotopic (exact) mass is 643 g/mol. The van der Waals surface area contributed by atoms with Crippen LogP contribution in [-0.4, -0.2) is 29.6 Å². The largest absolute Gasteiger partial charge is 0.481 e. The first-order valence-electron chi connectivity index (χ1n) is 15.6. The summed E-state index contributed by atoms with van der Waals surface area (Å²) in [6, 6.07) is 25.8. The molecule has 0 atom stereocenters. The molecular weight excluding hydrogens is 607 g/mol. The molecule has 0 unspecified atom stereocenters. The van der Waals surface area contributed by atoms with Crippen molar-refractivity contribution in [1.82, 2.24) is 5.32 Å². The van der Waals surface area contributed by atoms with Gasteiger partial charge in [0, 0.05) is 23.5 Å². The van der Waals surface area contributed by atoms with E-state index in [4.69, 9.17) is 5.11 Å². The molecule has 1 aliphatic carbocycles. The lowest BCUT2D eigenvalue weighted by Crippen LogP contribution is -2.34. The number of carbonyl (C=O) groups excluding carboxylic acids is 2. The van der Waals surface area contributed by atoms with E-state index in [2.05, 4.69) is 10.6 Å². The molecule has 0 saturated heterocycles. The van der Waals surface area contributed by atoms with Gasteiger partial charge >= 0.3 is 18.2 Å². The minimum Gasteiger partial charge on any atom is -0.481 e. The fourth-order valence-electron chi connectivity index (χ4n) is 5.82. The number of benzene rings is 4. The minimum atomic E-state index is -4.62. The Bertz CT molecular complexity index is 1690. The highest BCUT2D eigenvalue weighted by Gasteiger charge is 2.32. The Labute approximate surface area is 271 Å². The maximum atomic E-state index is 13.9. The highest BCUT2D eigenvalue weighted by Crippen LogP contribution is 2.36. The van der Waals surface area contributed by atoms with Gasteiger partial charge in [0.25, 0.3) is 5.91 Å².